The fourth-order valence-corrected chi connectivity index (χ4v) is 2.91. The highest BCUT2D eigenvalue weighted by atomic mass is 32.1. The number of methoxy groups -OCH3 is 2. The van der Waals surface area contributed by atoms with Crippen LogP contribution < -0.4 is 30.8 Å². The van der Waals surface area contributed by atoms with Crippen molar-refractivity contribution in [1.82, 2.24) is 0 Å². The van der Waals surface area contributed by atoms with Crippen molar-refractivity contribution in [1.29, 1.82) is 0 Å². The zero-order valence-electron chi connectivity index (χ0n) is 17.0. The van der Waals surface area contributed by atoms with E-state index in [2.05, 4.69) is 28.8 Å². The third-order valence-electron chi connectivity index (χ3n) is 4.17. The average molecular weight is 425 g/mol. The summed E-state index contributed by atoms with van der Waals surface area (Å²) in [6.07, 6.45) is 0. The van der Waals surface area contributed by atoms with E-state index in [4.69, 9.17) is 9.47 Å². The summed E-state index contributed by atoms with van der Waals surface area (Å²) in [5, 5.41) is 4.54. The number of hydrazine groups is 2. The predicted octanol–water partition coefficient (Wildman–Crippen LogP) is 4.81. The topological polar surface area (TPSA) is 74.9 Å². The first-order chi connectivity index (χ1) is 14.5. The standard InChI is InChI=1S/C22H24N4O3S/c1-15(27)23-17-5-4-6-18(13-17)26(24-16-7-10-20(30)11-8-16)25-21-12-9-19(28-2)14-22(21)29-3/h4-14,24-25,30H,1-3H3,(H,23,27). The largest absolute Gasteiger partial charge is 0.497 e. The number of carbonyl (C=O) groups is 1. The third-order valence-corrected chi connectivity index (χ3v) is 4.47. The fourth-order valence-electron chi connectivity index (χ4n) is 2.76. The molecule has 30 heavy (non-hydrogen) atoms. The smallest absolute Gasteiger partial charge is 0.221 e. The van der Waals surface area contributed by atoms with Crippen molar-refractivity contribution in [3.63, 3.8) is 0 Å². The molecule has 7 nitrogen and oxygen atoms in total. The number of hydrogen-bond acceptors (Lipinski definition) is 7. The molecule has 0 bridgehead atoms. The monoisotopic (exact) mass is 424 g/mol. The molecule has 3 aromatic rings. The molecule has 0 spiro atoms. The maximum absolute atomic E-state index is 11.5. The van der Waals surface area contributed by atoms with Crippen molar-refractivity contribution in [2.75, 3.05) is 35.5 Å². The van der Waals surface area contributed by atoms with Crippen LogP contribution >= 0.6 is 12.6 Å². The molecule has 0 fully saturated rings. The van der Waals surface area contributed by atoms with Crippen LogP contribution in [0.1, 0.15) is 6.92 Å². The molecule has 0 radical (unpaired) electrons. The Morgan fingerprint density at radius 1 is 0.900 bits per heavy atom. The minimum atomic E-state index is -0.138. The summed E-state index contributed by atoms with van der Waals surface area (Å²) in [7, 11) is 3.20. The molecule has 0 heterocycles. The van der Waals surface area contributed by atoms with Gasteiger partial charge in [0, 0.05) is 23.6 Å². The van der Waals surface area contributed by atoms with E-state index < -0.39 is 0 Å². The van der Waals surface area contributed by atoms with Gasteiger partial charge in [0.1, 0.15) is 11.5 Å². The highest BCUT2D eigenvalue weighted by Crippen LogP contribution is 2.31. The van der Waals surface area contributed by atoms with E-state index in [1.807, 2.05) is 60.7 Å². The molecule has 1 amide bonds. The lowest BCUT2D eigenvalue weighted by atomic mass is 10.2. The Hall–Kier alpha value is -3.52. The van der Waals surface area contributed by atoms with Crippen LogP contribution in [0.25, 0.3) is 0 Å². The first kappa shape index (κ1) is 21.2. The molecular weight excluding hydrogens is 400 g/mol. The van der Waals surface area contributed by atoms with Gasteiger partial charge in [-0.3, -0.25) is 15.6 Å². The number of amides is 1. The maximum Gasteiger partial charge on any atom is 0.221 e. The molecule has 0 saturated carbocycles. The molecule has 156 valence electrons. The van der Waals surface area contributed by atoms with Crippen LogP contribution in [0.4, 0.5) is 22.7 Å². The Labute approximate surface area is 181 Å². The summed E-state index contributed by atoms with van der Waals surface area (Å²) in [6, 6.07) is 20.6. The molecule has 3 N–H and O–H groups in total. The van der Waals surface area contributed by atoms with Gasteiger partial charge in [-0.05, 0) is 54.6 Å². The Morgan fingerprint density at radius 2 is 1.67 bits per heavy atom. The molecular formula is C22H24N4O3S. The first-order valence-corrected chi connectivity index (χ1v) is 9.65. The zero-order chi connectivity index (χ0) is 21.5. The van der Waals surface area contributed by atoms with E-state index in [9.17, 15) is 4.79 Å². The van der Waals surface area contributed by atoms with Gasteiger partial charge in [-0.2, -0.15) is 5.12 Å². The van der Waals surface area contributed by atoms with E-state index in [0.717, 1.165) is 22.0 Å². The van der Waals surface area contributed by atoms with Crippen molar-refractivity contribution >= 4 is 41.3 Å². The van der Waals surface area contributed by atoms with Gasteiger partial charge in [0.2, 0.25) is 5.91 Å². The van der Waals surface area contributed by atoms with Crippen LogP contribution in [-0.4, -0.2) is 20.1 Å². The van der Waals surface area contributed by atoms with Gasteiger partial charge in [-0.25, -0.2) is 0 Å². The van der Waals surface area contributed by atoms with Gasteiger partial charge in [0.15, 0.2) is 0 Å². The minimum Gasteiger partial charge on any atom is -0.497 e. The van der Waals surface area contributed by atoms with Crippen LogP contribution in [0.5, 0.6) is 11.5 Å². The number of ether oxygens (including phenoxy) is 2. The number of nitrogens with one attached hydrogen (secondary N) is 3. The van der Waals surface area contributed by atoms with Crippen molar-refractivity contribution in [3.05, 3.63) is 66.7 Å². The Bertz CT molecular complexity index is 1010. The van der Waals surface area contributed by atoms with E-state index in [1.165, 1.54) is 6.92 Å². The molecule has 0 aromatic heterocycles. The molecule has 0 atom stereocenters. The number of hydrogen-bond donors (Lipinski definition) is 4. The summed E-state index contributed by atoms with van der Waals surface area (Å²) < 4.78 is 10.8. The highest BCUT2D eigenvalue weighted by Gasteiger charge is 2.12. The molecule has 0 aliphatic rings. The predicted molar refractivity (Wildman–Crippen MR) is 124 cm³/mol. The Kier molecular flexibility index (Phi) is 6.92. The lowest BCUT2D eigenvalue weighted by Crippen LogP contribution is -2.35. The number of benzene rings is 3. The first-order valence-electron chi connectivity index (χ1n) is 9.20. The van der Waals surface area contributed by atoms with Crippen LogP contribution in [0.3, 0.4) is 0 Å². The summed E-state index contributed by atoms with van der Waals surface area (Å²) in [5.74, 6) is 1.17. The van der Waals surface area contributed by atoms with Crippen molar-refractivity contribution in [2.45, 2.75) is 11.8 Å². The molecule has 0 saturated heterocycles. The van der Waals surface area contributed by atoms with E-state index in [-0.39, 0.29) is 5.91 Å². The van der Waals surface area contributed by atoms with Crippen molar-refractivity contribution in [3.8, 4) is 11.5 Å². The molecule has 0 aliphatic carbocycles. The van der Waals surface area contributed by atoms with Gasteiger partial charge in [0.25, 0.3) is 0 Å². The van der Waals surface area contributed by atoms with Crippen molar-refractivity contribution < 1.29 is 14.3 Å². The molecule has 0 aliphatic heterocycles. The molecule has 3 aromatic carbocycles. The Balaban J connectivity index is 1.95. The lowest BCUT2D eigenvalue weighted by molar-refractivity contribution is -0.114. The molecule has 0 unspecified atom stereocenters. The zero-order valence-corrected chi connectivity index (χ0v) is 17.9. The number of anilines is 4. The number of carbonyl (C=O) groups excluding carboxylic acids is 1. The Morgan fingerprint density at radius 3 is 2.33 bits per heavy atom. The summed E-state index contributed by atoms with van der Waals surface area (Å²) in [4.78, 5) is 12.3. The number of rotatable bonds is 8. The third kappa shape index (κ3) is 5.51. The van der Waals surface area contributed by atoms with E-state index in [0.29, 0.717) is 17.2 Å². The second-order valence-corrected chi connectivity index (χ2v) is 6.92. The second kappa shape index (κ2) is 9.80. The lowest BCUT2D eigenvalue weighted by Gasteiger charge is -2.29. The highest BCUT2D eigenvalue weighted by molar-refractivity contribution is 7.80. The normalized spacial score (nSPS) is 10.1. The summed E-state index contributed by atoms with van der Waals surface area (Å²) >= 11 is 4.34. The quantitative estimate of drug-likeness (QED) is 0.307. The van der Waals surface area contributed by atoms with Gasteiger partial charge in [0.05, 0.1) is 31.3 Å². The SMILES string of the molecule is COc1ccc(NN(Nc2ccc(S)cc2)c2cccc(NC(C)=O)c2)c(OC)c1. The summed E-state index contributed by atoms with van der Waals surface area (Å²) in [5.41, 5.74) is 9.66. The van der Waals surface area contributed by atoms with Crippen LogP contribution in [-0.2, 0) is 4.79 Å². The van der Waals surface area contributed by atoms with Gasteiger partial charge < -0.3 is 14.8 Å². The van der Waals surface area contributed by atoms with E-state index >= 15 is 0 Å². The minimum absolute atomic E-state index is 0.138. The van der Waals surface area contributed by atoms with Gasteiger partial charge in [-0.15, -0.1) is 12.6 Å². The second-order valence-electron chi connectivity index (χ2n) is 6.40. The number of thiol groups is 1. The van der Waals surface area contributed by atoms with Crippen LogP contribution in [0.15, 0.2) is 71.6 Å². The molecule has 8 heteroatoms. The van der Waals surface area contributed by atoms with E-state index in [1.54, 1.807) is 25.4 Å². The van der Waals surface area contributed by atoms with Gasteiger partial charge in [-0.1, -0.05) is 6.07 Å². The maximum atomic E-state index is 11.5. The van der Waals surface area contributed by atoms with Gasteiger partial charge >= 0.3 is 0 Å². The molecule has 3 rings (SSSR count). The summed E-state index contributed by atoms with van der Waals surface area (Å²) in [6.45, 7) is 1.47. The fraction of sp³-hybridized carbons (Fsp3) is 0.136. The number of nitrogens with zero attached hydrogens (tertiary/aromatic N) is 1. The van der Waals surface area contributed by atoms with Crippen LogP contribution in [0.2, 0.25) is 0 Å². The van der Waals surface area contributed by atoms with Crippen molar-refractivity contribution in [2.24, 2.45) is 0 Å². The van der Waals surface area contributed by atoms with Crippen LogP contribution in [0, 0.1) is 0 Å². The average Bonchev–Trinajstić information content (AvgIpc) is 2.74.